The van der Waals surface area contributed by atoms with Gasteiger partial charge in [0.25, 0.3) is 0 Å². The number of rotatable bonds is 6. The largest absolute Gasteiger partial charge is 0.444 e. The molecule has 1 N–H and O–H groups in total. The van der Waals surface area contributed by atoms with Gasteiger partial charge in [-0.3, -0.25) is 0 Å². The van der Waals surface area contributed by atoms with Crippen LogP contribution in [-0.2, 0) is 23.8 Å². The number of hydrogen-bond donors (Lipinski definition) is 1. The van der Waals surface area contributed by atoms with E-state index in [1.165, 1.54) is 16.9 Å². The van der Waals surface area contributed by atoms with Crippen LogP contribution >= 0.6 is 11.3 Å². The fourth-order valence-corrected chi connectivity index (χ4v) is 7.58. The van der Waals surface area contributed by atoms with Crippen LogP contribution in [0.5, 0.6) is 0 Å². The summed E-state index contributed by atoms with van der Waals surface area (Å²) in [7, 11) is 0. The van der Waals surface area contributed by atoms with Gasteiger partial charge >= 0.3 is 12.3 Å². The summed E-state index contributed by atoms with van der Waals surface area (Å²) in [4.78, 5) is 18.1. The number of alkyl carbamates (subject to hydrolysis) is 1. The lowest BCUT2D eigenvalue weighted by Gasteiger charge is -2.31. The predicted molar refractivity (Wildman–Crippen MR) is 164 cm³/mol. The molecule has 10 heteroatoms. The fraction of sp³-hybridized carbons (Fsp3) is 0.382. The molecule has 0 aliphatic heterocycles. The molecular formula is C34H34F3N3O3S. The van der Waals surface area contributed by atoms with E-state index in [0.717, 1.165) is 47.4 Å². The first-order chi connectivity index (χ1) is 20.9. The number of hydrogen-bond acceptors (Lipinski definition) is 6. The molecule has 6 rings (SSSR count). The van der Waals surface area contributed by atoms with Crippen LogP contribution in [-0.4, -0.2) is 27.4 Å². The van der Waals surface area contributed by atoms with E-state index in [1.54, 1.807) is 30.3 Å². The third-order valence-corrected chi connectivity index (χ3v) is 9.43. The van der Waals surface area contributed by atoms with Crippen molar-refractivity contribution >= 4 is 17.4 Å². The van der Waals surface area contributed by atoms with Crippen LogP contribution in [0.15, 0.2) is 65.7 Å². The highest BCUT2D eigenvalue weighted by Crippen LogP contribution is 2.49. The smallest absolute Gasteiger partial charge is 0.422 e. The van der Waals surface area contributed by atoms with Crippen molar-refractivity contribution in [3.05, 3.63) is 83.6 Å². The number of ether oxygens (including phenoxy) is 1. The number of carbonyl (C=O) groups excluding carboxylic acids is 1. The summed E-state index contributed by atoms with van der Waals surface area (Å²) >= 11 is 1.21. The number of benzene rings is 2. The van der Waals surface area contributed by atoms with Crippen molar-refractivity contribution in [3.63, 3.8) is 0 Å². The molecule has 4 aromatic rings. The van der Waals surface area contributed by atoms with Gasteiger partial charge in [-0.05, 0) is 81.9 Å². The second-order valence-corrected chi connectivity index (χ2v) is 13.6. The molecule has 2 aromatic heterocycles. The average Bonchev–Trinajstić information content (AvgIpc) is 3.69. The average molecular weight is 622 g/mol. The summed E-state index contributed by atoms with van der Waals surface area (Å²) in [5, 5.41) is 7.14. The molecule has 6 nitrogen and oxygen atoms in total. The fourth-order valence-electron chi connectivity index (χ4n) is 6.43. The summed E-state index contributed by atoms with van der Waals surface area (Å²) in [6.45, 7) is 9.45. The lowest BCUT2D eigenvalue weighted by molar-refractivity contribution is -0.136. The van der Waals surface area contributed by atoms with Gasteiger partial charge in [-0.15, -0.1) is 17.9 Å². The maximum atomic E-state index is 14.3. The van der Waals surface area contributed by atoms with Crippen molar-refractivity contribution in [2.75, 3.05) is 0 Å². The first-order valence-electron chi connectivity index (χ1n) is 14.7. The van der Waals surface area contributed by atoms with Crippen LogP contribution in [0.4, 0.5) is 18.0 Å². The van der Waals surface area contributed by atoms with Gasteiger partial charge in [0.2, 0.25) is 5.76 Å². The standard InChI is InChI=1S/C34H34F3N3O3S/c1-5-16-33(39-31(41)42-32(2,3)4)17-15-23(19-33)21-11-13-24-22(18-21)12-14-25-29(24)44-30(38-25)28-26(34(35,36)37)27(40-43-28)20-9-7-6-8-10-20/h5-11,13,18,23H,1,12,14-17,19H2,2-4H3,(H,39,41). The summed E-state index contributed by atoms with van der Waals surface area (Å²) in [6, 6.07) is 14.6. The minimum absolute atomic E-state index is 0.173. The number of halogens is 3. The summed E-state index contributed by atoms with van der Waals surface area (Å²) in [6.07, 6.45) is 1.25. The summed E-state index contributed by atoms with van der Waals surface area (Å²) < 4.78 is 53.8. The molecule has 0 spiro atoms. The van der Waals surface area contributed by atoms with Gasteiger partial charge < -0.3 is 14.6 Å². The Labute approximate surface area is 258 Å². The second-order valence-electron chi connectivity index (χ2n) is 12.7. The van der Waals surface area contributed by atoms with E-state index in [1.807, 2.05) is 26.8 Å². The Morgan fingerprint density at radius 1 is 1.18 bits per heavy atom. The first kappa shape index (κ1) is 30.1. The van der Waals surface area contributed by atoms with E-state index in [-0.39, 0.29) is 22.4 Å². The number of fused-ring (bicyclic) bond motifs is 3. The number of alkyl halides is 3. The molecule has 0 radical (unpaired) electrons. The molecule has 2 aliphatic carbocycles. The van der Waals surface area contributed by atoms with Crippen LogP contribution in [0.2, 0.25) is 0 Å². The third-order valence-electron chi connectivity index (χ3n) is 8.30. The van der Waals surface area contributed by atoms with Gasteiger partial charge in [-0.2, -0.15) is 13.2 Å². The van der Waals surface area contributed by atoms with Crippen molar-refractivity contribution in [2.45, 2.75) is 82.5 Å². The van der Waals surface area contributed by atoms with Crippen molar-refractivity contribution in [3.8, 4) is 32.5 Å². The van der Waals surface area contributed by atoms with E-state index in [2.05, 4.69) is 40.2 Å². The number of nitrogens with one attached hydrogen (secondary N) is 1. The molecule has 2 heterocycles. The molecule has 44 heavy (non-hydrogen) atoms. The number of aryl methyl sites for hydroxylation is 2. The zero-order chi connectivity index (χ0) is 31.3. The minimum atomic E-state index is -4.67. The number of aromatic nitrogens is 2. The minimum Gasteiger partial charge on any atom is -0.444 e. The molecule has 2 unspecified atom stereocenters. The Morgan fingerprint density at radius 3 is 2.66 bits per heavy atom. The Kier molecular flexibility index (Phi) is 7.68. The van der Waals surface area contributed by atoms with Crippen LogP contribution in [0, 0.1) is 0 Å². The molecular weight excluding hydrogens is 587 g/mol. The first-order valence-corrected chi connectivity index (χ1v) is 15.5. The Morgan fingerprint density at radius 2 is 1.95 bits per heavy atom. The summed E-state index contributed by atoms with van der Waals surface area (Å²) in [5.41, 5.74) is 2.26. The van der Waals surface area contributed by atoms with Crippen molar-refractivity contribution < 1.29 is 27.2 Å². The number of thiazole rings is 1. The van der Waals surface area contributed by atoms with Crippen LogP contribution in [0.1, 0.15) is 74.8 Å². The van der Waals surface area contributed by atoms with Gasteiger partial charge in [0, 0.05) is 11.1 Å². The molecule has 2 aliphatic rings. The highest BCUT2D eigenvalue weighted by molar-refractivity contribution is 7.18. The molecule has 0 bridgehead atoms. The van der Waals surface area contributed by atoms with Crippen molar-refractivity contribution in [2.24, 2.45) is 0 Å². The highest BCUT2D eigenvalue weighted by Gasteiger charge is 2.43. The van der Waals surface area contributed by atoms with Gasteiger partial charge in [0.1, 0.15) is 16.9 Å². The summed E-state index contributed by atoms with van der Waals surface area (Å²) in [5.74, 6) is -0.107. The van der Waals surface area contributed by atoms with E-state index in [0.29, 0.717) is 18.4 Å². The third kappa shape index (κ3) is 5.92. The maximum Gasteiger partial charge on any atom is 0.422 e. The molecule has 2 atom stereocenters. The second kappa shape index (κ2) is 11.2. The Balaban J connectivity index is 1.27. The topological polar surface area (TPSA) is 77.2 Å². The monoisotopic (exact) mass is 621 g/mol. The zero-order valence-corrected chi connectivity index (χ0v) is 25.7. The Hall–Kier alpha value is -3.92. The van der Waals surface area contributed by atoms with Gasteiger partial charge in [-0.25, -0.2) is 9.78 Å². The van der Waals surface area contributed by atoms with Crippen LogP contribution in [0.3, 0.4) is 0 Å². The zero-order valence-electron chi connectivity index (χ0n) is 24.9. The molecule has 1 amide bonds. The number of carbonyl (C=O) groups is 1. The normalized spacial score (nSPS) is 19.7. The predicted octanol–water partition coefficient (Wildman–Crippen LogP) is 9.36. The Bertz CT molecular complexity index is 1700. The quantitative estimate of drug-likeness (QED) is 0.217. The highest BCUT2D eigenvalue weighted by atomic mass is 32.1. The van der Waals surface area contributed by atoms with E-state index >= 15 is 0 Å². The SMILES string of the molecule is C=CCC1(NC(=O)OC(C)(C)C)CCC(c2ccc3c(c2)CCc2nc(-c4onc(-c5ccccc5)c4C(F)(F)F)sc2-3)C1. The van der Waals surface area contributed by atoms with Crippen molar-refractivity contribution in [1.29, 1.82) is 0 Å². The number of amides is 1. The van der Waals surface area contributed by atoms with Crippen LogP contribution in [0.25, 0.3) is 32.5 Å². The number of nitrogens with zero attached hydrogens (tertiary/aromatic N) is 2. The molecule has 2 aromatic carbocycles. The van der Waals surface area contributed by atoms with Crippen molar-refractivity contribution in [1.82, 2.24) is 15.5 Å². The molecule has 1 saturated carbocycles. The van der Waals surface area contributed by atoms with Gasteiger partial charge in [-0.1, -0.05) is 59.8 Å². The molecule has 1 fully saturated rings. The van der Waals surface area contributed by atoms with Gasteiger partial charge in [0.15, 0.2) is 5.01 Å². The van der Waals surface area contributed by atoms with E-state index < -0.39 is 29.0 Å². The van der Waals surface area contributed by atoms with E-state index in [4.69, 9.17) is 9.26 Å². The van der Waals surface area contributed by atoms with Gasteiger partial charge in [0.05, 0.1) is 10.6 Å². The lowest BCUT2D eigenvalue weighted by atomic mass is 9.86. The molecule has 230 valence electrons. The van der Waals surface area contributed by atoms with Crippen LogP contribution < -0.4 is 5.32 Å². The molecule has 0 saturated heterocycles. The lowest BCUT2D eigenvalue weighted by Crippen LogP contribution is -2.48. The maximum absolute atomic E-state index is 14.3. The van der Waals surface area contributed by atoms with E-state index in [9.17, 15) is 18.0 Å².